The van der Waals surface area contributed by atoms with E-state index in [0.717, 1.165) is 0 Å². The fourth-order valence-corrected chi connectivity index (χ4v) is 2.49. The molecule has 2 N–H and O–H groups in total. The van der Waals surface area contributed by atoms with Gasteiger partial charge in [-0.2, -0.15) is 13.2 Å². The molecule has 2 rings (SSSR count). The first-order chi connectivity index (χ1) is 13.3. The number of hydrogen-bond acceptors (Lipinski definition) is 4. The van der Waals surface area contributed by atoms with Crippen molar-refractivity contribution in [2.45, 2.75) is 25.4 Å². The largest absolute Gasteiger partial charge is 0.497 e. The molecule has 1 amide bonds. The first-order valence-electron chi connectivity index (χ1n) is 8.65. The number of halogens is 3. The molecule has 0 aliphatic carbocycles. The molecule has 0 fully saturated rings. The average molecular weight is 394 g/mol. The van der Waals surface area contributed by atoms with Gasteiger partial charge in [0.2, 0.25) is 5.91 Å². The maximum atomic E-state index is 12.4. The summed E-state index contributed by atoms with van der Waals surface area (Å²) in [7, 11) is 1.53. The van der Waals surface area contributed by atoms with Gasteiger partial charge in [-0.15, -0.1) is 0 Å². The van der Waals surface area contributed by atoms with Crippen molar-refractivity contribution in [3.63, 3.8) is 0 Å². The molecule has 0 unspecified atom stereocenters. The van der Waals surface area contributed by atoms with Gasteiger partial charge in [0.25, 0.3) is 0 Å². The lowest BCUT2D eigenvalue weighted by molar-refractivity contribution is -0.116. The topological polar surface area (TPSA) is 67.4 Å². The summed E-state index contributed by atoms with van der Waals surface area (Å²) in [5.41, 5.74) is 0.976. The van der Waals surface area contributed by atoms with Crippen molar-refractivity contribution in [1.82, 2.24) is 0 Å². The zero-order chi connectivity index (χ0) is 20.6. The fraction of sp³-hybridized carbons (Fsp3) is 0.300. The van der Waals surface area contributed by atoms with E-state index in [-0.39, 0.29) is 35.9 Å². The van der Waals surface area contributed by atoms with Gasteiger partial charge < -0.3 is 15.4 Å². The molecule has 2 aromatic rings. The van der Waals surface area contributed by atoms with Crippen LogP contribution in [0.1, 0.15) is 29.6 Å². The number of ketones is 1. The number of amides is 1. The van der Waals surface area contributed by atoms with Crippen LogP contribution in [0.5, 0.6) is 5.75 Å². The van der Waals surface area contributed by atoms with Gasteiger partial charge in [0.05, 0.1) is 18.5 Å². The van der Waals surface area contributed by atoms with E-state index >= 15 is 0 Å². The summed E-state index contributed by atoms with van der Waals surface area (Å²) in [4.78, 5) is 24.2. The van der Waals surface area contributed by atoms with E-state index in [2.05, 4.69) is 10.6 Å². The molecular weight excluding hydrogens is 373 g/mol. The van der Waals surface area contributed by atoms with E-state index in [1.807, 2.05) is 0 Å². The Morgan fingerprint density at radius 3 is 2.21 bits per heavy atom. The molecule has 0 saturated heterocycles. The zero-order valence-corrected chi connectivity index (χ0v) is 15.3. The Hall–Kier alpha value is -3.03. The van der Waals surface area contributed by atoms with Gasteiger partial charge in [0.1, 0.15) is 12.3 Å². The molecule has 0 aliphatic heterocycles. The average Bonchev–Trinajstić information content (AvgIpc) is 2.66. The highest BCUT2D eigenvalue weighted by Gasteiger charge is 2.27. The van der Waals surface area contributed by atoms with E-state index < -0.39 is 12.7 Å². The third-order valence-electron chi connectivity index (χ3n) is 3.90. The van der Waals surface area contributed by atoms with Crippen molar-refractivity contribution in [3.8, 4) is 5.75 Å². The van der Waals surface area contributed by atoms with Gasteiger partial charge in [-0.05, 0) is 42.8 Å². The number of carbonyl (C=O) groups excluding carboxylic acids is 2. The highest BCUT2D eigenvalue weighted by Crippen LogP contribution is 2.24. The first kappa shape index (κ1) is 21.3. The summed E-state index contributed by atoms with van der Waals surface area (Å²) in [6.45, 7) is -1.20. The lowest BCUT2D eigenvalue weighted by Gasteiger charge is -2.14. The van der Waals surface area contributed by atoms with E-state index in [1.54, 1.807) is 36.4 Å². The molecule has 5 nitrogen and oxygen atoms in total. The number of Topliss-reactive ketones (excluding diaryl/α,β-unsaturated/α-hetero) is 1. The summed E-state index contributed by atoms with van der Waals surface area (Å²) in [6.07, 6.45) is -3.77. The highest BCUT2D eigenvalue weighted by molar-refractivity contribution is 5.97. The SMILES string of the molecule is COc1ccc(C(=O)CCCC(=O)Nc2ccccc2NCC(F)(F)F)cc1. The van der Waals surface area contributed by atoms with Crippen LogP contribution in [-0.2, 0) is 4.79 Å². The zero-order valence-electron chi connectivity index (χ0n) is 15.3. The number of rotatable bonds is 9. The number of ether oxygens (including phenoxy) is 1. The number of methoxy groups -OCH3 is 1. The fourth-order valence-electron chi connectivity index (χ4n) is 2.49. The van der Waals surface area contributed by atoms with Gasteiger partial charge in [-0.1, -0.05) is 12.1 Å². The second kappa shape index (κ2) is 9.77. The molecule has 0 heterocycles. The lowest BCUT2D eigenvalue weighted by Crippen LogP contribution is -2.22. The summed E-state index contributed by atoms with van der Waals surface area (Å²) in [5.74, 6) is 0.181. The lowest BCUT2D eigenvalue weighted by atomic mass is 10.1. The van der Waals surface area contributed by atoms with Crippen LogP contribution in [0, 0.1) is 0 Å². The molecule has 0 aliphatic rings. The Morgan fingerprint density at radius 2 is 1.61 bits per heavy atom. The smallest absolute Gasteiger partial charge is 0.405 e. The van der Waals surface area contributed by atoms with Gasteiger partial charge >= 0.3 is 6.18 Å². The number of nitrogens with one attached hydrogen (secondary N) is 2. The summed E-state index contributed by atoms with van der Waals surface area (Å²) >= 11 is 0. The maximum absolute atomic E-state index is 12.4. The Labute approximate surface area is 160 Å². The molecule has 28 heavy (non-hydrogen) atoms. The van der Waals surface area contributed by atoms with Crippen molar-refractivity contribution in [2.24, 2.45) is 0 Å². The monoisotopic (exact) mass is 394 g/mol. The standard InChI is InChI=1S/C20H21F3N2O3/c1-28-15-11-9-14(10-12-15)18(26)7-4-8-19(27)25-17-6-3-2-5-16(17)24-13-20(21,22)23/h2-3,5-6,9-12,24H,4,7-8,13H2,1H3,(H,25,27). The van der Waals surface area contributed by atoms with Crippen molar-refractivity contribution < 1.29 is 27.5 Å². The van der Waals surface area contributed by atoms with Gasteiger partial charge in [-0.3, -0.25) is 9.59 Å². The Balaban J connectivity index is 1.83. The number of hydrogen-bond donors (Lipinski definition) is 2. The van der Waals surface area contributed by atoms with E-state index in [4.69, 9.17) is 4.74 Å². The van der Waals surface area contributed by atoms with E-state index in [1.165, 1.54) is 19.2 Å². The number of carbonyl (C=O) groups is 2. The molecule has 0 bridgehead atoms. The Kier molecular flexibility index (Phi) is 7.43. The van der Waals surface area contributed by atoms with Crippen LogP contribution in [0.15, 0.2) is 48.5 Å². The molecule has 0 aromatic heterocycles. The Bertz CT molecular complexity index is 805. The van der Waals surface area contributed by atoms with Gasteiger partial charge in [0, 0.05) is 18.4 Å². The molecule has 0 radical (unpaired) electrons. The Morgan fingerprint density at radius 1 is 0.964 bits per heavy atom. The number of para-hydroxylation sites is 2. The van der Waals surface area contributed by atoms with Crippen molar-refractivity contribution >= 4 is 23.1 Å². The van der Waals surface area contributed by atoms with E-state index in [9.17, 15) is 22.8 Å². The number of anilines is 2. The van der Waals surface area contributed by atoms with Gasteiger partial charge in [-0.25, -0.2) is 0 Å². The second-order valence-electron chi connectivity index (χ2n) is 6.07. The van der Waals surface area contributed by atoms with Crippen molar-refractivity contribution in [2.75, 3.05) is 24.3 Å². The molecule has 150 valence electrons. The molecular formula is C20H21F3N2O3. The minimum Gasteiger partial charge on any atom is -0.497 e. The highest BCUT2D eigenvalue weighted by atomic mass is 19.4. The van der Waals surface area contributed by atoms with Gasteiger partial charge in [0.15, 0.2) is 5.78 Å². The minimum atomic E-state index is -4.36. The normalized spacial score (nSPS) is 11.0. The van der Waals surface area contributed by atoms with Crippen LogP contribution in [0.2, 0.25) is 0 Å². The molecule has 0 saturated carbocycles. The number of alkyl halides is 3. The summed E-state index contributed by atoms with van der Waals surface area (Å²) < 4.78 is 42.1. The predicted molar refractivity (Wildman–Crippen MR) is 101 cm³/mol. The molecule has 0 spiro atoms. The van der Waals surface area contributed by atoms with Crippen LogP contribution in [-0.4, -0.2) is 31.5 Å². The molecule has 8 heteroatoms. The molecule has 2 aromatic carbocycles. The molecule has 0 atom stereocenters. The third kappa shape index (κ3) is 6.94. The first-order valence-corrected chi connectivity index (χ1v) is 8.65. The van der Waals surface area contributed by atoms with Crippen LogP contribution >= 0.6 is 0 Å². The van der Waals surface area contributed by atoms with Crippen LogP contribution in [0.4, 0.5) is 24.5 Å². The quantitative estimate of drug-likeness (QED) is 0.607. The van der Waals surface area contributed by atoms with Crippen molar-refractivity contribution in [1.29, 1.82) is 0 Å². The third-order valence-corrected chi connectivity index (χ3v) is 3.90. The second-order valence-corrected chi connectivity index (χ2v) is 6.07. The van der Waals surface area contributed by atoms with Crippen molar-refractivity contribution in [3.05, 3.63) is 54.1 Å². The summed E-state index contributed by atoms with van der Waals surface area (Å²) in [6, 6.07) is 12.8. The number of benzene rings is 2. The van der Waals surface area contributed by atoms with Crippen LogP contribution < -0.4 is 15.4 Å². The van der Waals surface area contributed by atoms with Crippen LogP contribution in [0.25, 0.3) is 0 Å². The summed E-state index contributed by atoms with van der Waals surface area (Å²) in [5, 5.41) is 4.84. The van der Waals surface area contributed by atoms with Crippen LogP contribution in [0.3, 0.4) is 0 Å². The minimum absolute atomic E-state index is 0.0789. The maximum Gasteiger partial charge on any atom is 0.405 e. The predicted octanol–water partition coefficient (Wildman–Crippen LogP) is 4.66. The van der Waals surface area contributed by atoms with E-state index in [0.29, 0.717) is 17.7 Å².